The quantitative estimate of drug-likeness (QED) is 0.728. The number of nitrogens with zero attached hydrogens (tertiary/aromatic N) is 1. The summed E-state index contributed by atoms with van der Waals surface area (Å²) in [7, 11) is -4.46. The first-order valence-electron chi connectivity index (χ1n) is 5.83. The van der Waals surface area contributed by atoms with Gasteiger partial charge in [0.2, 0.25) is 0 Å². The van der Waals surface area contributed by atoms with Crippen molar-refractivity contribution < 1.29 is 24.0 Å². The van der Waals surface area contributed by atoms with Crippen LogP contribution in [0.15, 0.2) is 42.6 Å². The Morgan fingerprint density at radius 2 is 1.70 bits per heavy atom. The largest absolute Gasteiger partial charge is 0.469 e. The molecule has 0 fully saturated rings. The number of aliphatic hydroxyl groups excluding tert-OH is 1. The van der Waals surface area contributed by atoms with Gasteiger partial charge in [-0.15, -0.1) is 0 Å². The molecule has 0 saturated carbocycles. The van der Waals surface area contributed by atoms with Gasteiger partial charge in [-0.3, -0.25) is 9.51 Å². The van der Waals surface area contributed by atoms with Gasteiger partial charge in [-0.2, -0.15) is 0 Å². The summed E-state index contributed by atoms with van der Waals surface area (Å²) < 4.78 is 15.0. The minimum Gasteiger partial charge on any atom is -0.392 e. The van der Waals surface area contributed by atoms with Crippen molar-refractivity contribution in [1.29, 1.82) is 0 Å². The van der Waals surface area contributed by atoms with Crippen LogP contribution in [-0.4, -0.2) is 19.9 Å². The Hall–Kier alpha value is -1.56. The van der Waals surface area contributed by atoms with E-state index in [1.54, 1.807) is 12.1 Å². The van der Waals surface area contributed by atoms with E-state index in [0.29, 0.717) is 5.56 Å². The van der Waals surface area contributed by atoms with Gasteiger partial charge in [0.1, 0.15) is 0 Å². The zero-order valence-corrected chi connectivity index (χ0v) is 11.4. The molecule has 0 aliphatic carbocycles. The number of benzene rings is 1. The van der Waals surface area contributed by atoms with Crippen LogP contribution < -0.4 is 0 Å². The second-order valence-electron chi connectivity index (χ2n) is 4.17. The van der Waals surface area contributed by atoms with E-state index in [4.69, 9.17) is 14.9 Å². The maximum absolute atomic E-state index is 10.6. The average Bonchev–Trinajstić information content (AvgIpc) is 2.45. The minimum absolute atomic E-state index is 0.00758. The lowest BCUT2D eigenvalue weighted by Gasteiger charge is -2.06. The van der Waals surface area contributed by atoms with Crippen LogP contribution in [0, 0.1) is 0 Å². The highest BCUT2D eigenvalue weighted by atomic mass is 31.2. The number of pyridine rings is 1. The Morgan fingerprint density at radius 3 is 2.20 bits per heavy atom. The van der Waals surface area contributed by atoms with Crippen molar-refractivity contribution >= 4 is 7.82 Å². The summed E-state index contributed by atoms with van der Waals surface area (Å²) in [6.45, 7) is -0.201. The molecule has 20 heavy (non-hydrogen) atoms. The molecule has 6 nitrogen and oxygen atoms in total. The number of phosphoric acid groups is 1. The van der Waals surface area contributed by atoms with Crippen LogP contribution in [0.1, 0.15) is 11.1 Å². The van der Waals surface area contributed by atoms with E-state index in [-0.39, 0.29) is 13.2 Å². The molecule has 0 radical (unpaired) electrons. The van der Waals surface area contributed by atoms with Crippen molar-refractivity contribution in [1.82, 2.24) is 4.98 Å². The second-order valence-corrected chi connectivity index (χ2v) is 5.41. The molecule has 0 aliphatic heterocycles. The lowest BCUT2D eigenvalue weighted by Crippen LogP contribution is -1.93. The third kappa shape index (κ3) is 4.23. The maximum atomic E-state index is 10.6. The molecule has 1 heterocycles. The van der Waals surface area contributed by atoms with E-state index in [2.05, 4.69) is 9.51 Å². The fraction of sp³-hybridized carbons (Fsp3) is 0.154. The first-order valence-corrected chi connectivity index (χ1v) is 7.36. The molecule has 0 unspecified atom stereocenters. The number of hydrogen-bond donors (Lipinski definition) is 3. The molecule has 0 aliphatic rings. The third-order valence-corrected chi connectivity index (χ3v) is 3.12. The molecular formula is C13H14NO5P. The lowest BCUT2D eigenvalue weighted by atomic mass is 10.1. The standard InChI is InChI=1S/C13H14NO5P/c15-8-10-1-4-12(5-2-10)13-6-3-11(7-14-13)9-19-20(16,17)18/h1-7,15H,8-9H2,(H2,16,17,18). The van der Waals surface area contributed by atoms with Crippen LogP contribution in [0.25, 0.3) is 11.3 Å². The van der Waals surface area contributed by atoms with Gasteiger partial charge >= 0.3 is 7.82 Å². The summed E-state index contributed by atoms with van der Waals surface area (Å²) in [5, 5.41) is 8.97. The van der Waals surface area contributed by atoms with Gasteiger partial charge in [-0.25, -0.2) is 4.57 Å². The van der Waals surface area contributed by atoms with Gasteiger partial charge < -0.3 is 14.9 Å². The zero-order valence-electron chi connectivity index (χ0n) is 10.5. The van der Waals surface area contributed by atoms with Gasteiger partial charge in [0.25, 0.3) is 0 Å². The number of aromatic nitrogens is 1. The Balaban J connectivity index is 2.09. The van der Waals surface area contributed by atoms with Crippen LogP contribution in [0.2, 0.25) is 0 Å². The SMILES string of the molecule is O=P(O)(O)OCc1ccc(-c2ccc(CO)cc2)nc1. The predicted molar refractivity (Wildman–Crippen MR) is 72.4 cm³/mol. The molecule has 0 spiro atoms. The molecule has 0 bridgehead atoms. The van der Waals surface area contributed by atoms with Gasteiger partial charge in [0.15, 0.2) is 0 Å². The first kappa shape index (κ1) is 14.8. The molecule has 106 valence electrons. The number of hydrogen-bond acceptors (Lipinski definition) is 4. The van der Waals surface area contributed by atoms with E-state index in [0.717, 1.165) is 16.8 Å². The Bertz CT molecular complexity index is 606. The maximum Gasteiger partial charge on any atom is 0.469 e. The van der Waals surface area contributed by atoms with E-state index in [1.165, 1.54) is 6.20 Å². The van der Waals surface area contributed by atoms with Crippen molar-refractivity contribution in [2.45, 2.75) is 13.2 Å². The van der Waals surface area contributed by atoms with Gasteiger partial charge in [-0.1, -0.05) is 30.3 Å². The van der Waals surface area contributed by atoms with Gasteiger partial charge in [-0.05, 0) is 17.2 Å². The molecule has 1 aromatic carbocycles. The van der Waals surface area contributed by atoms with Crippen LogP contribution in [0.4, 0.5) is 0 Å². The molecule has 2 rings (SSSR count). The van der Waals surface area contributed by atoms with E-state index in [1.807, 2.05) is 24.3 Å². The summed E-state index contributed by atoms with van der Waals surface area (Å²) in [6, 6.07) is 10.7. The molecule has 2 aromatic rings. The molecule has 1 aromatic heterocycles. The van der Waals surface area contributed by atoms with Crippen LogP contribution >= 0.6 is 7.82 Å². The highest BCUT2D eigenvalue weighted by Gasteiger charge is 2.13. The Labute approximate surface area is 115 Å². The fourth-order valence-corrected chi connectivity index (χ4v) is 1.94. The van der Waals surface area contributed by atoms with Gasteiger partial charge in [0, 0.05) is 11.8 Å². The molecule has 0 saturated heterocycles. The lowest BCUT2D eigenvalue weighted by molar-refractivity contribution is 0.189. The van der Waals surface area contributed by atoms with Crippen LogP contribution in [0.3, 0.4) is 0 Å². The van der Waals surface area contributed by atoms with Gasteiger partial charge in [0.05, 0.1) is 18.9 Å². The summed E-state index contributed by atoms with van der Waals surface area (Å²) in [4.78, 5) is 21.4. The Morgan fingerprint density at radius 1 is 1.05 bits per heavy atom. The molecule has 0 amide bonds. The average molecular weight is 295 g/mol. The number of phosphoric ester groups is 1. The van der Waals surface area contributed by atoms with E-state index >= 15 is 0 Å². The highest BCUT2D eigenvalue weighted by Crippen LogP contribution is 2.36. The van der Waals surface area contributed by atoms with Crippen molar-refractivity contribution in [2.75, 3.05) is 0 Å². The summed E-state index contributed by atoms with van der Waals surface area (Å²) >= 11 is 0. The minimum atomic E-state index is -4.46. The number of aliphatic hydroxyl groups is 1. The van der Waals surface area contributed by atoms with Crippen molar-refractivity contribution in [2.24, 2.45) is 0 Å². The van der Waals surface area contributed by atoms with Crippen molar-refractivity contribution in [3.05, 3.63) is 53.7 Å². The zero-order chi connectivity index (χ0) is 14.6. The first-order chi connectivity index (χ1) is 9.48. The topological polar surface area (TPSA) is 99.9 Å². The van der Waals surface area contributed by atoms with Crippen LogP contribution in [-0.2, 0) is 22.3 Å². The molecule has 7 heteroatoms. The Kier molecular flexibility index (Phi) is 4.65. The van der Waals surface area contributed by atoms with Crippen LogP contribution in [0.5, 0.6) is 0 Å². The third-order valence-electron chi connectivity index (χ3n) is 2.66. The molecule has 0 atom stereocenters. The molecule has 3 N–H and O–H groups in total. The number of rotatable bonds is 5. The van der Waals surface area contributed by atoms with Crippen molar-refractivity contribution in [3.63, 3.8) is 0 Å². The molecular weight excluding hydrogens is 281 g/mol. The normalized spacial score (nSPS) is 11.6. The fourth-order valence-electron chi connectivity index (χ4n) is 1.62. The highest BCUT2D eigenvalue weighted by molar-refractivity contribution is 7.46. The smallest absolute Gasteiger partial charge is 0.392 e. The monoisotopic (exact) mass is 295 g/mol. The van der Waals surface area contributed by atoms with E-state index in [9.17, 15) is 4.57 Å². The summed E-state index contributed by atoms with van der Waals surface area (Å²) in [6.07, 6.45) is 1.50. The van der Waals surface area contributed by atoms with E-state index < -0.39 is 7.82 Å². The van der Waals surface area contributed by atoms with Crippen molar-refractivity contribution in [3.8, 4) is 11.3 Å². The summed E-state index contributed by atoms with van der Waals surface area (Å²) in [5.41, 5.74) is 3.02. The summed E-state index contributed by atoms with van der Waals surface area (Å²) in [5.74, 6) is 0. The predicted octanol–water partition coefficient (Wildman–Crippen LogP) is 1.85. The second kappa shape index (κ2) is 6.26.